The maximum absolute atomic E-state index is 12.5. The molecule has 0 fully saturated rings. The normalized spacial score (nSPS) is 11.4. The van der Waals surface area contributed by atoms with Gasteiger partial charge in [0, 0.05) is 17.3 Å². The first-order valence-corrected chi connectivity index (χ1v) is 5.67. The Bertz CT molecular complexity index is 620. The molecule has 0 saturated heterocycles. The van der Waals surface area contributed by atoms with Gasteiger partial charge in [-0.05, 0) is 24.3 Å². The van der Waals surface area contributed by atoms with Gasteiger partial charge in [0.05, 0.1) is 13.7 Å². The van der Waals surface area contributed by atoms with Crippen molar-refractivity contribution >= 4 is 6.29 Å². The Labute approximate surface area is 112 Å². The Hall–Kier alpha value is -2.31. The minimum atomic E-state index is -4.47. The Morgan fingerprint density at radius 2 is 2.10 bits per heavy atom. The highest BCUT2D eigenvalue weighted by molar-refractivity contribution is 5.75. The number of carbonyl (C=O) groups excluding carboxylic acids is 1. The van der Waals surface area contributed by atoms with Crippen molar-refractivity contribution in [2.75, 3.05) is 7.11 Å². The van der Waals surface area contributed by atoms with E-state index in [9.17, 15) is 18.0 Å². The van der Waals surface area contributed by atoms with Gasteiger partial charge >= 0.3 is 6.18 Å². The monoisotopic (exact) mass is 284 g/mol. The van der Waals surface area contributed by atoms with Crippen LogP contribution in [-0.4, -0.2) is 23.2 Å². The summed E-state index contributed by atoms with van der Waals surface area (Å²) in [6, 6.07) is 5.61. The van der Waals surface area contributed by atoms with Crippen LogP contribution >= 0.6 is 0 Å². The lowest BCUT2D eigenvalue weighted by Crippen LogP contribution is -2.09. The average Bonchev–Trinajstić information content (AvgIpc) is 2.87. The van der Waals surface area contributed by atoms with Gasteiger partial charge in [-0.3, -0.25) is 9.48 Å². The van der Waals surface area contributed by atoms with Gasteiger partial charge in [-0.25, -0.2) is 0 Å². The van der Waals surface area contributed by atoms with Crippen LogP contribution in [0.5, 0.6) is 5.75 Å². The highest BCUT2D eigenvalue weighted by Crippen LogP contribution is 2.28. The van der Waals surface area contributed by atoms with Crippen LogP contribution in [0.2, 0.25) is 0 Å². The molecule has 20 heavy (non-hydrogen) atoms. The van der Waals surface area contributed by atoms with Crippen LogP contribution < -0.4 is 4.74 Å². The number of methoxy groups -OCH3 is 1. The fourth-order valence-corrected chi connectivity index (χ4v) is 1.77. The van der Waals surface area contributed by atoms with Gasteiger partial charge < -0.3 is 4.74 Å². The number of benzene rings is 1. The molecule has 2 aromatic rings. The van der Waals surface area contributed by atoms with E-state index >= 15 is 0 Å². The lowest BCUT2D eigenvalue weighted by atomic mass is 10.1. The van der Waals surface area contributed by atoms with Crippen molar-refractivity contribution in [3.63, 3.8) is 0 Å². The minimum Gasteiger partial charge on any atom is -0.496 e. The molecule has 0 aliphatic heterocycles. The van der Waals surface area contributed by atoms with E-state index in [1.54, 1.807) is 18.2 Å². The number of aldehydes is 1. The fraction of sp³-hybridized carbons (Fsp3) is 0.231. The molecule has 0 radical (unpaired) electrons. The molecule has 4 nitrogen and oxygen atoms in total. The third kappa shape index (κ3) is 2.98. The summed E-state index contributed by atoms with van der Waals surface area (Å²) >= 11 is 0. The fourth-order valence-electron chi connectivity index (χ4n) is 1.77. The summed E-state index contributed by atoms with van der Waals surface area (Å²) in [4.78, 5) is 10.7. The molecular formula is C13H11F3N2O2. The lowest BCUT2D eigenvalue weighted by Gasteiger charge is -2.09. The van der Waals surface area contributed by atoms with Gasteiger partial charge in [-0.2, -0.15) is 18.3 Å². The first-order chi connectivity index (χ1) is 9.44. The van der Waals surface area contributed by atoms with Gasteiger partial charge in [0.25, 0.3) is 0 Å². The van der Waals surface area contributed by atoms with Crippen LogP contribution in [0.4, 0.5) is 13.2 Å². The van der Waals surface area contributed by atoms with Crippen molar-refractivity contribution < 1.29 is 22.7 Å². The summed E-state index contributed by atoms with van der Waals surface area (Å²) in [7, 11) is 1.45. The number of hydrogen-bond donors (Lipinski definition) is 0. The van der Waals surface area contributed by atoms with Crippen LogP contribution in [0, 0.1) is 0 Å². The van der Waals surface area contributed by atoms with E-state index < -0.39 is 11.9 Å². The van der Waals surface area contributed by atoms with Gasteiger partial charge in [0.2, 0.25) is 0 Å². The first kappa shape index (κ1) is 14.1. The Morgan fingerprint density at radius 1 is 1.35 bits per heavy atom. The first-order valence-electron chi connectivity index (χ1n) is 5.67. The summed E-state index contributed by atoms with van der Waals surface area (Å²) in [5.74, 6) is 0.486. The zero-order valence-electron chi connectivity index (χ0n) is 10.5. The summed E-state index contributed by atoms with van der Waals surface area (Å²) in [5.41, 5.74) is 0.0425. The van der Waals surface area contributed by atoms with Crippen LogP contribution in [0.25, 0.3) is 0 Å². The second kappa shape index (κ2) is 5.36. The highest BCUT2D eigenvalue weighted by Gasteiger charge is 2.33. The SMILES string of the molecule is COc1ccc(C=O)cc1Cn1ccc(C(F)(F)F)n1. The Morgan fingerprint density at radius 3 is 2.65 bits per heavy atom. The molecule has 0 spiro atoms. The van der Waals surface area contributed by atoms with Gasteiger partial charge in [0.15, 0.2) is 5.69 Å². The van der Waals surface area contributed by atoms with E-state index in [1.165, 1.54) is 13.3 Å². The number of nitrogens with zero attached hydrogens (tertiary/aromatic N) is 2. The molecule has 106 valence electrons. The van der Waals surface area contributed by atoms with Crippen LogP contribution in [0.15, 0.2) is 30.5 Å². The van der Waals surface area contributed by atoms with Crippen LogP contribution in [-0.2, 0) is 12.7 Å². The van der Waals surface area contributed by atoms with Crippen LogP contribution in [0.1, 0.15) is 21.6 Å². The molecule has 2 rings (SSSR count). The summed E-state index contributed by atoms with van der Waals surface area (Å²) < 4.78 is 43.6. The maximum Gasteiger partial charge on any atom is 0.435 e. The topological polar surface area (TPSA) is 44.1 Å². The van der Waals surface area contributed by atoms with E-state index in [0.717, 1.165) is 10.7 Å². The van der Waals surface area contributed by atoms with Crippen molar-refractivity contribution in [3.8, 4) is 5.75 Å². The number of hydrogen-bond acceptors (Lipinski definition) is 3. The minimum absolute atomic E-state index is 0.0843. The van der Waals surface area contributed by atoms with E-state index in [0.29, 0.717) is 23.2 Å². The zero-order chi connectivity index (χ0) is 14.8. The highest BCUT2D eigenvalue weighted by atomic mass is 19.4. The largest absolute Gasteiger partial charge is 0.496 e. The summed E-state index contributed by atoms with van der Waals surface area (Å²) in [6.07, 6.45) is -2.58. The summed E-state index contributed by atoms with van der Waals surface area (Å²) in [5, 5.41) is 3.46. The molecule has 7 heteroatoms. The number of aromatic nitrogens is 2. The molecule has 0 saturated carbocycles. The average molecular weight is 284 g/mol. The van der Waals surface area contributed by atoms with Crippen molar-refractivity contribution in [2.24, 2.45) is 0 Å². The molecule has 0 bridgehead atoms. The second-order valence-electron chi connectivity index (χ2n) is 4.09. The molecule has 0 aliphatic rings. The predicted octanol–water partition coefficient (Wildman–Crippen LogP) is 2.77. The molecule has 1 heterocycles. The molecular weight excluding hydrogens is 273 g/mol. The smallest absolute Gasteiger partial charge is 0.435 e. The molecule has 0 aliphatic carbocycles. The second-order valence-corrected chi connectivity index (χ2v) is 4.09. The quantitative estimate of drug-likeness (QED) is 0.811. The molecule has 1 aromatic heterocycles. The number of rotatable bonds is 4. The molecule has 0 N–H and O–H groups in total. The van der Waals surface area contributed by atoms with Gasteiger partial charge in [-0.1, -0.05) is 0 Å². The molecule has 1 aromatic carbocycles. The number of carbonyl (C=O) groups is 1. The third-order valence-electron chi connectivity index (χ3n) is 2.70. The van der Waals surface area contributed by atoms with E-state index in [1.807, 2.05) is 0 Å². The Balaban J connectivity index is 2.29. The molecule has 0 amide bonds. The predicted molar refractivity (Wildman–Crippen MR) is 64.7 cm³/mol. The van der Waals surface area contributed by atoms with Gasteiger partial charge in [-0.15, -0.1) is 0 Å². The van der Waals surface area contributed by atoms with Crippen molar-refractivity contribution in [1.29, 1.82) is 0 Å². The van der Waals surface area contributed by atoms with E-state index in [2.05, 4.69) is 5.10 Å². The van der Waals surface area contributed by atoms with Gasteiger partial charge in [0.1, 0.15) is 12.0 Å². The maximum atomic E-state index is 12.5. The van der Waals surface area contributed by atoms with E-state index in [4.69, 9.17) is 4.74 Å². The molecule has 0 unspecified atom stereocenters. The van der Waals surface area contributed by atoms with Crippen molar-refractivity contribution in [2.45, 2.75) is 12.7 Å². The number of halogens is 3. The lowest BCUT2D eigenvalue weighted by molar-refractivity contribution is -0.141. The standard InChI is InChI=1S/C13H11F3N2O2/c1-20-11-3-2-9(8-19)6-10(11)7-18-5-4-12(17-18)13(14,15)16/h2-6,8H,7H2,1H3. The number of ether oxygens (including phenoxy) is 1. The third-order valence-corrected chi connectivity index (χ3v) is 2.70. The van der Waals surface area contributed by atoms with Crippen LogP contribution in [0.3, 0.4) is 0 Å². The number of alkyl halides is 3. The van der Waals surface area contributed by atoms with Crippen molar-refractivity contribution in [3.05, 3.63) is 47.3 Å². The Kier molecular flexibility index (Phi) is 3.78. The van der Waals surface area contributed by atoms with Crippen molar-refractivity contribution in [1.82, 2.24) is 9.78 Å². The zero-order valence-corrected chi connectivity index (χ0v) is 10.5. The summed E-state index contributed by atoms with van der Waals surface area (Å²) in [6.45, 7) is 0.0843. The molecule has 0 atom stereocenters. The van der Waals surface area contributed by atoms with E-state index in [-0.39, 0.29) is 6.54 Å².